The molecule has 0 atom stereocenters. The first-order valence-corrected chi connectivity index (χ1v) is 2.04. The third kappa shape index (κ3) is 4.15. The van der Waals surface area contributed by atoms with Crippen molar-refractivity contribution in [3.05, 3.63) is 10.8 Å². The first kappa shape index (κ1) is 5.15. The van der Waals surface area contributed by atoms with Crippen LogP contribution in [0.1, 0.15) is 6.92 Å². The molecule has 2 heteroatoms. The number of halogens is 2. The van der Waals surface area contributed by atoms with E-state index in [1.54, 1.807) is 6.92 Å². The monoisotopic (exact) mass is 138 g/mol. The third-order valence-corrected chi connectivity index (χ3v) is 0.676. The van der Waals surface area contributed by atoms with Crippen molar-refractivity contribution in [2.24, 2.45) is 0 Å². The van der Waals surface area contributed by atoms with Gasteiger partial charge in [0.2, 0.25) is 0 Å². The van der Waals surface area contributed by atoms with E-state index < -0.39 is 0 Å². The van der Waals surface area contributed by atoms with Gasteiger partial charge in [0.05, 0.1) is 0 Å². The molecule has 0 aliphatic carbocycles. The van der Waals surface area contributed by atoms with Gasteiger partial charge in [-0.2, -0.15) is 4.39 Å². The molecule has 0 aromatic rings. The Morgan fingerprint density at radius 1 is 2.00 bits per heavy atom. The lowest BCUT2D eigenvalue weighted by molar-refractivity contribution is 0.703. The highest BCUT2D eigenvalue weighted by molar-refractivity contribution is 9.11. The van der Waals surface area contributed by atoms with Gasteiger partial charge in [-0.05, 0) is 28.9 Å². The second-order valence-corrected chi connectivity index (χ2v) is 1.34. The molecule has 0 aromatic carbocycles. The van der Waals surface area contributed by atoms with E-state index in [0.29, 0.717) is 0 Å². The topological polar surface area (TPSA) is 0 Å². The number of rotatable bonds is 0. The molecule has 0 fully saturated rings. The summed E-state index contributed by atoms with van der Waals surface area (Å²) in [6.45, 7) is 1.62. The van der Waals surface area contributed by atoms with Crippen LogP contribution in [0, 0.1) is 0 Å². The summed E-state index contributed by atoms with van der Waals surface area (Å²) in [7, 11) is 0. The molecule has 30 valence electrons. The van der Waals surface area contributed by atoms with Gasteiger partial charge in [-0.1, -0.05) is 0 Å². The number of hydrogen-bond acceptors (Lipinski definition) is 0. The lowest BCUT2D eigenvalue weighted by atomic mass is 10.8. The van der Waals surface area contributed by atoms with Crippen molar-refractivity contribution in [2.75, 3.05) is 0 Å². The highest BCUT2D eigenvalue weighted by Gasteiger charge is 1.70. The zero-order valence-electron chi connectivity index (χ0n) is 2.83. The SMILES string of the molecule is C/C=C(\F)Br. The Balaban J connectivity index is 3.14. The zero-order valence-corrected chi connectivity index (χ0v) is 4.42. The van der Waals surface area contributed by atoms with Crippen molar-refractivity contribution in [1.29, 1.82) is 0 Å². The van der Waals surface area contributed by atoms with Crippen LogP contribution in [0.15, 0.2) is 10.8 Å². The highest BCUT2D eigenvalue weighted by Crippen LogP contribution is 2.02. The van der Waals surface area contributed by atoms with Crippen LogP contribution in [0.25, 0.3) is 0 Å². The molecule has 0 heterocycles. The summed E-state index contributed by atoms with van der Waals surface area (Å²) >= 11 is 2.57. The van der Waals surface area contributed by atoms with Crippen molar-refractivity contribution in [1.82, 2.24) is 0 Å². The molecule has 0 radical (unpaired) electrons. The van der Waals surface area contributed by atoms with E-state index in [4.69, 9.17) is 0 Å². The van der Waals surface area contributed by atoms with Crippen molar-refractivity contribution >= 4 is 15.9 Å². The smallest absolute Gasteiger partial charge is 0.161 e. The minimum atomic E-state index is -0.308. The Labute approximate surface area is 38.8 Å². The first-order chi connectivity index (χ1) is 2.27. The van der Waals surface area contributed by atoms with Gasteiger partial charge in [0, 0.05) is 0 Å². The predicted octanol–water partition coefficient (Wildman–Crippen LogP) is 2.21. The van der Waals surface area contributed by atoms with Gasteiger partial charge in [0.1, 0.15) is 0 Å². The fourth-order valence-corrected chi connectivity index (χ4v) is 0. The summed E-state index contributed by atoms with van der Waals surface area (Å²) in [4.78, 5) is 0. The summed E-state index contributed by atoms with van der Waals surface area (Å²) in [5.41, 5.74) is 0. The molecule has 0 N–H and O–H groups in total. The molecule has 5 heavy (non-hydrogen) atoms. The van der Waals surface area contributed by atoms with Gasteiger partial charge in [-0.25, -0.2) is 0 Å². The average molecular weight is 139 g/mol. The average Bonchev–Trinajstić information content (AvgIpc) is 1.38. The standard InChI is InChI=1S/C3H4BrF/c1-2-3(4)5/h2H,1H3/b3-2-. The molecule has 0 saturated carbocycles. The molecule has 0 saturated heterocycles. The van der Waals surface area contributed by atoms with E-state index in [9.17, 15) is 4.39 Å². The fourth-order valence-electron chi connectivity index (χ4n) is 0. The molecule has 0 aliphatic rings. The highest BCUT2D eigenvalue weighted by atomic mass is 79.9. The fraction of sp³-hybridized carbons (Fsp3) is 0.333. The Bertz CT molecular complexity index is 44.9. The predicted molar refractivity (Wildman–Crippen MR) is 23.8 cm³/mol. The summed E-state index contributed by atoms with van der Waals surface area (Å²) in [6, 6.07) is 0. The van der Waals surface area contributed by atoms with Gasteiger partial charge in [-0.15, -0.1) is 0 Å². The summed E-state index contributed by atoms with van der Waals surface area (Å²) in [5, 5.41) is 0. The second kappa shape index (κ2) is 2.39. The maximum absolute atomic E-state index is 11.2. The van der Waals surface area contributed by atoms with E-state index in [0.717, 1.165) is 0 Å². The maximum atomic E-state index is 11.2. The van der Waals surface area contributed by atoms with Crippen LogP contribution in [0.4, 0.5) is 4.39 Å². The third-order valence-electron chi connectivity index (χ3n) is 0.218. The van der Waals surface area contributed by atoms with Crippen LogP contribution in [0.2, 0.25) is 0 Å². The van der Waals surface area contributed by atoms with E-state index in [-0.39, 0.29) is 4.74 Å². The molecular weight excluding hydrogens is 135 g/mol. The van der Waals surface area contributed by atoms with Gasteiger partial charge in [0.25, 0.3) is 0 Å². The van der Waals surface area contributed by atoms with Gasteiger partial charge >= 0.3 is 0 Å². The summed E-state index contributed by atoms with van der Waals surface area (Å²) < 4.78 is 10.9. The van der Waals surface area contributed by atoms with Crippen molar-refractivity contribution < 1.29 is 4.39 Å². The molecular formula is C3H4BrF. The lowest BCUT2D eigenvalue weighted by Gasteiger charge is -1.65. The minimum Gasteiger partial charge on any atom is -0.199 e. The molecule has 0 spiro atoms. The van der Waals surface area contributed by atoms with Crippen molar-refractivity contribution in [3.63, 3.8) is 0 Å². The van der Waals surface area contributed by atoms with Crippen LogP contribution in [-0.2, 0) is 0 Å². The van der Waals surface area contributed by atoms with Crippen molar-refractivity contribution in [2.45, 2.75) is 6.92 Å². The van der Waals surface area contributed by atoms with Crippen LogP contribution < -0.4 is 0 Å². The van der Waals surface area contributed by atoms with Crippen LogP contribution in [0.5, 0.6) is 0 Å². The molecule has 0 aliphatic heterocycles. The zero-order chi connectivity index (χ0) is 4.28. The van der Waals surface area contributed by atoms with E-state index in [1.807, 2.05) is 0 Å². The Kier molecular flexibility index (Phi) is 2.46. The van der Waals surface area contributed by atoms with Gasteiger partial charge < -0.3 is 0 Å². The molecule has 0 nitrogen and oxygen atoms in total. The van der Waals surface area contributed by atoms with Crippen LogP contribution in [0.3, 0.4) is 0 Å². The Morgan fingerprint density at radius 2 is 2.20 bits per heavy atom. The number of allylic oxidation sites excluding steroid dienone is 1. The largest absolute Gasteiger partial charge is 0.199 e. The molecule has 0 amide bonds. The Morgan fingerprint density at radius 3 is 2.20 bits per heavy atom. The molecule has 0 rings (SSSR count). The van der Waals surface area contributed by atoms with Crippen LogP contribution in [-0.4, -0.2) is 0 Å². The number of hydrogen-bond donors (Lipinski definition) is 0. The quantitative estimate of drug-likeness (QED) is 0.482. The van der Waals surface area contributed by atoms with E-state index in [1.165, 1.54) is 6.08 Å². The molecule has 0 bridgehead atoms. The lowest BCUT2D eigenvalue weighted by Crippen LogP contribution is -1.40. The normalized spacial score (nSPS) is 12.2. The van der Waals surface area contributed by atoms with Gasteiger partial charge in [-0.3, -0.25) is 0 Å². The molecule has 0 aromatic heterocycles. The Hall–Kier alpha value is 0.150. The summed E-state index contributed by atoms with van der Waals surface area (Å²) in [5.74, 6) is 0. The van der Waals surface area contributed by atoms with Crippen LogP contribution >= 0.6 is 15.9 Å². The molecule has 0 unspecified atom stereocenters. The van der Waals surface area contributed by atoms with Crippen molar-refractivity contribution in [3.8, 4) is 0 Å². The first-order valence-electron chi connectivity index (χ1n) is 1.24. The van der Waals surface area contributed by atoms with E-state index >= 15 is 0 Å². The minimum absolute atomic E-state index is 0.308. The summed E-state index contributed by atoms with van der Waals surface area (Å²) in [6.07, 6.45) is 1.33. The maximum Gasteiger partial charge on any atom is 0.161 e. The van der Waals surface area contributed by atoms with Gasteiger partial charge in [0.15, 0.2) is 4.74 Å². The van der Waals surface area contributed by atoms with E-state index in [2.05, 4.69) is 15.9 Å². The second-order valence-electron chi connectivity index (χ2n) is 0.578.